The van der Waals surface area contributed by atoms with Gasteiger partial charge in [0, 0.05) is 13.4 Å². The molecule has 0 saturated heterocycles. The van der Waals surface area contributed by atoms with Crippen molar-refractivity contribution in [1.29, 1.82) is 0 Å². The topological polar surface area (TPSA) is 91.6 Å². The largest absolute Gasteiger partial charge is 0.436 e. The SMILES string of the molecule is COCCS(=O)(=O)[N-]S(C)(=O)=O. The predicted molar refractivity (Wildman–Crippen MR) is 43.9 cm³/mol. The normalized spacial score (nSPS) is 13.2. The van der Waals surface area contributed by atoms with Crippen LogP contribution < -0.4 is 0 Å². The molecule has 0 spiro atoms. The summed E-state index contributed by atoms with van der Waals surface area (Å²) in [7, 11) is -6.40. The molecule has 0 aromatic carbocycles. The van der Waals surface area contributed by atoms with Crippen molar-refractivity contribution in [2.24, 2.45) is 0 Å². The molecule has 0 radical (unpaired) electrons. The standard InChI is InChI=1S/C4H10NO5S2/c1-10-3-4-12(8,9)5-11(2,6)7/h3-4H2,1-2H3/q-1. The van der Waals surface area contributed by atoms with Gasteiger partial charge in [0.1, 0.15) is 0 Å². The quantitative estimate of drug-likeness (QED) is 0.605. The lowest BCUT2D eigenvalue weighted by Gasteiger charge is -2.16. The smallest absolute Gasteiger partial charge is 0.0853 e. The maximum Gasteiger partial charge on any atom is 0.0853 e. The monoisotopic (exact) mass is 216 g/mol. The molecule has 0 aliphatic rings. The third-order valence-corrected chi connectivity index (χ3v) is 3.47. The summed E-state index contributed by atoms with van der Waals surface area (Å²) in [6.07, 6.45) is 0.720. The van der Waals surface area contributed by atoms with Crippen LogP contribution in [-0.2, 0) is 24.8 Å². The first-order valence-corrected chi connectivity index (χ1v) is 6.38. The summed E-state index contributed by atoms with van der Waals surface area (Å²) >= 11 is 0. The highest BCUT2D eigenvalue weighted by Gasteiger charge is 2.02. The van der Waals surface area contributed by atoms with Gasteiger partial charge in [-0.2, -0.15) is 0 Å². The summed E-state index contributed by atoms with van der Waals surface area (Å²) in [5.41, 5.74) is 0. The van der Waals surface area contributed by atoms with Gasteiger partial charge < -0.3 is 8.86 Å². The number of methoxy groups -OCH3 is 1. The van der Waals surface area contributed by atoms with Gasteiger partial charge in [-0.1, -0.05) is 0 Å². The molecule has 0 rings (SSSR count). The van der Waals surface area contributed by atoms with Crippen LogP contribution in [0.25, 0.3) is 4.13 Å². The number of sulfonamides is 2. The van der Waals surface area contributed by atoms with E-state index in [2.05, 4.69) is 8.86 Å². The van der Waals surface area contributed by atoms with Gasteiger partial charge in [-0.15, -0.1) is 0 Å². The number of nitrogens with zero attached hydrogens (tertiary/aromatic N) is 1. The summed E-state index contributed by atoms with van der Waals surface area (Å²) in [6.45, 7) is -0.0681. The fourth-order valence-electron chi connectivity index (χ4n) is 0.432. The average molecular weight is 216 g/mol. The van der Waals surface area contributed by atoms with E-state index in [1.54, 1.807) is 0 Å². The van der Waals surface area contributed by atoms with Crippen molar-refractivity contribution >= 4 is 20.0 Å². The molecule has 12 heavy (non-hydrogen) atoms. The lowest BCUT2D eigenvalue weighted by molar-refractivity contribution is 0.217. The first kappa shape index (κ1) is 11.8. The highest BCUT2D eigenvalue weighted by molar-refractivity contribution is 8.11. The zero-order valence-electron chi connectivity index (χ0n) is 6.72. The summed E-state index contributed by atoms with van der Waals surface area (Å²) in [6, 6.07) is 0. The Labute approximate surface area is 72.0 Å². The Morgan fingerprint density at radius 2 is 1.75 bits per heavy atom. The molecule has 0 aromatic heterocycles. The van der Waals surface area contributed by atoms with Crippen molar-refractivity contribution in [1.82, 2.24) is 0 Å². The van der Waals surface area contributed by atoms with Gasteiger partial charge in [0.2, 0.25) is 0 Å². The summed E-state index contributed by atoms with van der Waals surface area (Å²) in [5.74, 6) is -0.420. The molecule has 0 N–H and O–H groups in total. The van der Waals surface area contributed by atoms with Crippen molar-refractivity contribution in [3.63, 3.8) is 0 Å². The molecule has 0 unspecified atom stereocenters. The Balaban J connectivity index is 4.26. The Bertz CT molecular complexity index is 315. The van der Waals surface area contributed by atoms with Crippen molar-refractivity contribution < 1.29 is 21.6 Å². The number of rotatable bonds is 5. The Kier molecular flexibility index (Phi) is 4.11. The highest BCUT2D eigenvalue weighted by Crippen LogP contribution is 2.07. The molecule has 0 aromatic rings. The molecule has 0 amide bonds. The van der Waals surface area contributed by atoms with E-state index in [9.17, 15) is 16.8 Å². The van der Waals surface area contributed by atoms with Crippen LogP contribution in [0.3, 0.4) is 0 Å². The maximum atomic E-state index is 10.8. The van der Waals surface area contributed by atoms with Crippen molar-refractivity contribution in [3.8, 4) is 0 Å². The first-order chi connectivity index (χ1) is 5.27. The molecule has 0 aliphatic heterocycles. The third-order valence-electron chi connectivity index (χ3n) is 0.794. The van der Waals surface area contributed by atoms with Gasteiger partial charge in [0.15, 0.2) is 0 Å². The fourth-order valence-corrected chi connectivity index (χ4v) is 2.76. The predicted octanol–water partition coefficient (Wildman–Crippen LogP) is -0.704. The van der Waals surface area contributed by atoms with E-state index in [4.69, 9.17) is 0 Å². The summed E-state index contributed by atoms with van der Waals surface area (Å²) < 4.78 is 49.5. The van der Waals surface area contributed by atoms with Crippen LogP contribution in [0, 0.1) is 0 Å². The second kappa shape index (κ2) is 4.17. The van der Waals surface area contributed by atoms with E-state index in [-0.39, 0.29) is 6.61 Å². The first-order valence-electron chi connectivity index (χ1n) is 2.93. The van der Waals surface area contributed by atoms with Crippen LogP contribution in [0.5, 0.6) is 0 Å². The Morgan fingerprint density at radius 1 is 1.25 bits per heavy atom. The maximum absolute atomic E-state index is 10.8. The minimum Gasteiger partial charge on any atom is -0.436 e. The van der Waals surface area contributed by atoms with Crippen molar-refractivity contribution in [2.75, 3.05) is 25.7 Å². The van der Waals surface area contributed by atoms with E-state index in [0.29, 0.717) is 0 Å². The van der Waals surface area contributed by atoms with Gasteiger partial charge in [0.05, 0.1) is 32.4 Å². The van der Waals surface area contributed by atoms with Crippen LogP contribution in [0.15, 0.2) is 0 Å². The number of hydrogen-bond donors (Lipinski definition) is 0. The lowest BCUT2D eigenvalue weighted by atomic mass is 10.9. The number of ether oxygens (including phenoxy) is 1. The Morgan fingerprint density at radius 3 is 2.08 bits per heavy atom. The molecule has 6 nitrogen and oxygen atoms in total. The van der Waals surface area contributed by atoms with Gasteiger partial charge in [-0.25, -0.2) is 16.8 Å². The van der Waals surface area contributed by atoms with E-state index in [0.717, 1.165) is 6.26 Å². The molecule has 0 bridgehead atoms. The minimum absolute atomic E-state index is 0.0681. The zero-order chi connectivity index (χ0) is 9.83. The molecule has 8 heteroatoms. The summed E-state index contributed by atoms with van der Waals surface area (Å²) in [4.78, 5) is 0. The van der Waals surface area contributed by atoms with Crippen LogP contribution in [0.4, 0.5) is 0 Å². The Hall–Kier alpha value is -0.180. The van der Waals surface area contributed by atoms with E-state index in [1.807, 2.05) is 0 Å². The summed E-state index contributed by atoms with van der Waals surface area (Å²) in [5, 5.41) is 0. The van der Waals surface area contributed by atoms with Crippen molar-refractivity contribution in [3.05, 3.63) is 4.13 Å². The van der Waals surface area contributed by atoms with Gasteiger partial charge in [0.25, 0.3) is 0 Å². The van der Waals surface area contributed by atoms with Crippen LogP contribution in [-0.4, -0.2) is 42.6 Å². The molecule has 0 aliphatic carbocycles. The minimum atomic E-state index is -3.89. The van der Waals surface area contributed by atoms with Crippen molar-refractivity contribution in [2.45, 2.75) is 0 Å². The van der Waals surface area contributed by atoms with E-state index in [1.165, 1.54) is 7.11 Å². The van der Waals surface area contributed by atoms with Crippen LogP contribution in [0.2, 0.25) is 0 Å². The van der Waals surface area contributed by atoms with E-state index < -0.39 is 25.8 Å². The molecule has 0 heterocycles. The second-order valence-corrected chi connectivity index (χ2v) is 5.72. The zero-order valence-corrected chi connectivity index (χ0v) is 8.35. The number of hydrogen-bond acceptors (Lipinski definition) is 5. The fraction of sp³-hybridized carbons (Fsp3) is 1.00. The molecule has 0 saturated carbocycles. The second-order valence-electron chi connectivity index (χ2n) is 2.09. The molecule has 74 valence electrons. The van der Waals surface area contributed by atoms with Crippen LogP contribution >= 0.6 is 0 Å². The van der Waals surface area contributed by atoms with Gasteiger partial charge in [-0.3, -0.25) is 0 Å². The molecular weight excluding hydrogens is 206 g/mol. The highest BCUT2D eigenvalue weighted by atomic mass is 32.3. The molecule has 0 atom stereocenters. The molecule has 0 fully saturated rings. The van der Waals surface area contributed by atoms with Gasteiger partial charge >= 0.3 is 0 Å². The molecular formula is C4H10NO5S2-. The van der Waals surface area contributed by atoms with Crippen LogP contribution in [0.1, 0.15) is 0 Å². The average Bonchev–Trinajstić information content (AvgIpc) is 1.78. The lowest BCUT2D eigenvalue weighted by Crippen LogP contribution is -2.12. The van der Waals surface area contributed by atoms with E-state index >= 15 is 0 Å². The third kappa shape index (κ3) is 6.53. The van der Waals surface area contributed by atoms with Gasteiger partial charge in [-0.05, 0) is 0 Å².